The molecule has 0 aliphatic rings. The molecule has 0 saturated carbocycles. The Morgan fingerprint density at radius 2 is 2.04 bits per heavy atom. The molecular formula is C19H15ClN4O2. The summed E-state index contributed by atoms with van der Waals surface area (Å²) in [5.41, 5.74) is 3.50. The number of aromatic amines is 1. The van der Waals surface area contributed by atoms with Crippen molar-refractivity contribution in [3.05, 3.63) is 65.5 Å². The minimum atomic E-state index is -0.112. The van der Waals surface area contributed by atoms with Crippen LogP contribution in [-0.2, 0) is 11.2 Å². The van der Waals surface area contributed by atoms with Crippen molar-refractivity contribution >= 4 is 34.2 Å². The number of fused-ring (bicyclic) bond motifs is 1. The highest BCUT2D eigenvalue weighted by Crippen LogP contribution is 2.23. The van der Waals surface area contributed by atoms with E-state index in [0.717, 1.165) is 22.4 Å². The summed E-state index contributed by atoms with van der Waals surface area (Å²) in [7, 11) is 0. The maximum absolute atomic E-state index is 12.2. The Morgan fingerprint density at radius 3 is 2.85 bits per heavy atom. The molecule has 2 aromatic carbocycles. The van der Waals surface area contributed by atoms with Crippen LogP contribution in [0.5, 0.6) is 0 Å². The fraction of sp³-hybridized carbons (Fsp3) is 0.105. The number of anilines is 1. The molecule has 0 atom stereocenters. The minimum absolute atomic E-state index is 0.112. The van der Waals surface area contributed by atoms with Gasteiger partial charge in [-0.25, -0.2) is 4.98 Å². The van der Waals surface area contributed by atoms with Crippen molar-refractivity contribution in [2.45, 2.75) is 12.8 Å². The number of rotatable bonds is 5. The van der Waals surface area contributed by atoms with Crippen LogP contribution >= 0.6 is 11.6 Å². The molecular weight excluding hydrogens is 352 g/mol. The van der Waals surface area contributed by atoms with Crippen LogP contribution in [0, 0.1) is 0 Å². The first-order valence-electron chi connectivity index (χ1n) is 8.13. The molecule has 7 heteroatoms. The Bertz CT molecular complexity index is 1040. The van der Waals surface area contributed by atoms with Crippen LogP contribution in [0.3, 0.4) is 0 Å². The molecule has 2 aromatic heterocycles. The standard InChI is InChI=1S/C19H15ClN4O2/c20-17-11-14(26-24-17)8-9-18(25)21-13-5-3-4-12(10-13)19-22-15-6-1-2-7-16(15)23-19/h1-7,10-11H,8-9H2,(H,21,25)(H,22,23). The fourth-order valence-corrected chi connectivity index (χ4v) is 2.86. The summed E-state index contributed by atoms with van der Waals surface area (Å²) in [6.45, 7) is 0. The number of aromatic nitrogens is 3. The van der Waals surface area contributed by atoms with Gasteiger partial charge in [0.1, 0.15) is 11.6 Å². The predicted molar refractivity (Wildman–Crippen MR) is 100.0 cm³/mol. The van der Waals surface area contributed by atoms with E-state index in [9.17, 15) is 4.79 Å². The van der Waals surface area contributed by atoms with Gasteiger partial charge in [-0.15, -0.1) is 0 Å². The van der Waals surface area contributed by atoms with Crippen LogP contribution in [0.15, 0.2) is 59.1 Å². The van der Waals surface area contributed by atoms with E-state index in [0.29, 0.717) is 23.0 Å². The van der Waals surface area contributed by atoms with Gasteiger partial charge in [-0.2, -0.15) is 0 Å². The molecule has 2 heterocycles. The summed E-state index contributed by atoms with van der Waals surface area (Å²) < 4.78 is 5.00. The Balaban J connectivity index is 1.46. The molecule has 26 heavy (non-hydrogen) atoms. The number of carbonyl (C=O) groups excluding carboxylic acids is 1. The Labute approximate surface area is 154 Å². The van der Waals surface area contributed by atoms with E-state index in [2.05, 4.69) is 20.4 Å². The predicted octanol–water partition coefficient (Wildman–Crippen LogP) is 4.44. The lowest BCUT2D eigenvalue weighted by Gasteiger charge is -2.06. The molecule has 0 unspecified atom stereocenters. The molecule has 4 rings (SSSR count). The zero-order valence-electron chi connectivity index (χ0n) is 13.7. The lowest BCUT2D eigenvalue weighted by atomic mass is 10.2. The molecule has 0 aliphatic heterocycles. The molecule has 6 nitrogen and oxygen atoms in total. The van der Waals surface area contributed by atoms with E-state index < -0.39 is 0 Å². The molecule has 0 saturated heterocycles. The summed E-state index contributed by atoms with van der Waals surface area (Å²) in [5.74, 6) is 1.24. The molecule has 0 fully saturated rings. The average Bonchev–Trinajstić information content (AvgIpc) is 3.26. The molecule has 0 radical (unpaired) electrons. The largest absolute Gasteiger partial charge is 0.360 e. The zero-order valence-corrected chi connectivity index (χ0v) is 14.5. The van der Waals surface area contributed by atoms with E-state index in [4.69, 9.17) is 16.1 Å². The van der Waals surface area contributed by atoms with Crippen LogP contribution < -0.4 is 5.32 Å². The van der Waals surface area contributed by atoms with Gasteiger partial charge in [-0.3, -0.25) is 4.79 Å². The Morgan fingerprint density at radius 1 is 1.15 bits per heavy atom. The number of halogens is 1. The van der Waals surface area contributed by atoms with Crippen molar-refractivity contribution in [2.24, 2.45) is 0 Å². The number of aryl methyl sites for hydroxylation is 1. The van der Waals surface area contributed by atoms with Crippen molar-refractivity contribution in [2.75, 3.05) is 5.32 Å². The molecule has 4 aromatic rings. The average molecular weight is 367 g/mol. The number of imidazole rings is 1. The van der Waals surface area contributed by atoms with Crippen LogP contribution in [-0.4, -0.2) is 21.0 Å². The second-order valence-electron chi connectivity index (χ2n) is 5.85. The van der Waals surface area contributed by atoms with E-state index in [1.165, 1.54) is 0 Å². The summed E-state index contributed by atoms with van der Waals surface area (Å²) in [6, 6.07) is 17.0. The van der Waals surface area contributed by atoms with Crippen molar-refractivity contribution in [3.8, 4) is 11.4 Å². The van der Waals surface area contributed by atoms with Gasteiger partial charge in [0.15, 0.2) is 5.15 Å². The van der Waals surface area contributed by atoms with Crippen LogP contribution in [0.25, 0.3) is 22.4 Å². The maximum atomic E-state index is 12.2. The lowest BCUT2D eigenvalue weighted by Crippen LogP contribution is -2.12. The van der Waals surface area contributed by atoms with Gasteiger partial charge in [0, 0.05) is 30.2 Å². The summed E-state index contributed by atoms with van der Waals surface area (Å²) in [4.78, 5) is 20.0. The van der Waals surface area contributed by atoms with Crippen molar-refractivity contribution in [3.63, 3.8) is 0 Å². The second kappa shape index (κ2) is 7.01. The first-order valence-corrected chi connectivity index (χ1v) is 8.51. The van der Waals surface area contributed by atoms with Gasteiger partial charge in [0.25, 0.3) is 0 Å². The molecule has 0 spiro atoms. The van der Waals surface area contributed by atoms with Crippen LogP contribution in [0.4, 0.5) is 5.69 Å². The highest BCUT2D eigenvalue weighted by atomic mass is 35.5. The summed E-state index contributed by atoms with van der Waals surface area (Å²) in [5, 5.41) is 6.77. The third kappa shape index (κ3) is 3.60. The number of hydrogen-bond donors (Lipinski definition) is 2. The number of nitrogens with one attached hydrogen (secondary N) is 2. The van der Waals surface area contributed by atoms with Crippen LogP contribution in [0.1, 0.15) is 12.2 Å². The molecule has 0 bridgehead atoms. The monoisotopic (exact) mass is 366 g/mol. The number of benzene rings is 2. The van der Waals surface area contributed by atoms with Crippen molar-refractivity contribution in [1.82, 2.24) is 15.1 Å². The highest BCUT2D eigenvalue weighted by Gasteiger charge is 2.09. The summed E-state index contributed by atoms with van der Waals surface area (Å²) >= 11 is 5.70. The smallest absolute Gasteiger partial charge is 0.224 e. The van der Waals surface area contributed by atoms with Gasteiger partial charge >= 0.3 is 0 Å². The number of hydrogen-bond acceptors (Lipinski definition) is 4. The molecule has 1 amide bonds. The van der Waals surface area contributed by atoms with Gasteiger partial charge in [-0.05, 0) is 24.3 Å². The minimum Gasteiger partial charge on any atom is -0.360 e. The lowest BCUT2D eigenvalue weighted by molar-refractivity contribution is -0.116. The van der Waals surface area contributed by atoms with Crippen molar-refractivity contribution in [1.29, 1.82) is 0 Å². The molecule has 2 N–H and O–H groups in total. The normalized spacial score (nSPS) is 11.0. The van der Waals surface area contributed by atoms with Gasteiger partial charge in [0.2, 0.25) is 5.91 Å². The van der Waals surface area contributed by atoms with Crippen molar-refractivity contribution < 1.29 is 9.32 Å². The summed E-state index contributed by atoms with van der Waals surface area (Å²) in [6.07, 6.45) is 0.717. The van der Waals surface area contributed by atoms with Crippen LogP contribution in [0.2, 0.25) is 5.15 Å². The highest BCUT2D eigenvalue weighted by molar-refractivity contribution is 6.29. The number of amides is 1. The SMILES string of the molecule is O=C(CCc1cc(Cl)no1)Nc1cccc(-c2nc3ccccc3[nH]2)c1. The van der Waals surface area contributed by atoms with Gasteiger partial charge in [-0.1, -0.05) is 41.0 Å². The zero-order chi connectivity index (χ0) is 17.9. The maximum Gasteiger partial charge on any atom is 0.224 e. The fourth-order valence-electron chi connectivity index (χ4n) is 2.70. The first-order chi connectivity index (χ1) is 12.7. The molecule has 0 aliphatic carbocycles. The number of para-hydroxylation sites is 2. The third-order valence-corrected chi connectivity index (χ3v) is 4.12. The number of H-pyrrole nitrogens is 1. The van der Waals surface area contributed by atoms with E-state index >= 15 is 0 Å². The van der Waals surface area contributed by atoms with E-state index in [1.807, 2.05) is 48.5 Å². The van der Waals surface area contributed by atoms with Gasteiger partial charge < -0.3 is 14.8 Å². The topological polar surface area (TPSA) is 83.8 Å². The number of nitrogens with zero attached hydrogens (tertiary/aromatic N) is 2. The third-order valence-electron chi connectivity index (χ3n) is 3.94. The Kier molecular flexibility index (Phi) is 4.41. The van der Waals surface area contributed by atoms with E-state index in [-0.39, 0.29) is 12.3 Å². The van der Waals surface area contributed by atoms with E-state index in [1.54, 1.807) is 6.07 Å². The quantitative estimate of drug-likeness (QED) is 0.546. The Hall–Kier alpha value is -3.12. The number of carbonyl (C=O) groups is 1. The second-order valence-corrected chi connectivity index (χ2v) is 6.23. The molecule has 130 valence electrons. The first kappa shape index (κ1) is 16.4. The van der Waals surface area contributed by atoms with Gasteiger partial charge in [0.05, 0.1) is 11.0 Å².